The lowest BCUT2D eigenvalue weighted by Gasteiger charge is -2.09. The second kappa shape index (κ2) is 6.72. The Bertz CT molecular complexity index is 302. The van der Waals surface area contributed by atoms with Crippen molar-refractivity contribution in [3.63, 3.8) is 0 Å². The van der Waals surface area contributed by atoms with Crippen molar-refractivity contribution < 1.29 is 4.74 Å². The molecule has 0 aliphatic heterocycles. The Balaban J connectivity index is 2.52. The standard InChI is InChI=1S/C12H19NOS/c1-3-11-12(7-6-10(2)13-11)14-8-4-5-9-15/h6-7,15H,3-5,8-9H2,1-2H3. The third-order valence-corrected chi connectivity index (χ3v) is 2.53. The molecule has 84 valence electrons. The molecule has 0 fully saturated rings. The van der Waals surface area contributed by atoms with Gasteiger partial charge in [0.25, 0.3) is 0 Å². The normalized spacial score (nSPS) is 10.3. The number of rotatable bonds is 6. The number of aryl methyl sites for hydroxylation is 2. The van der Waals surface area contributed by atoms with Crippen molar-refractivity contribution in [2.24, 2.45) is 0 Å². The summed E-state index contributed by atoms with van der Waals surface area (Å²) in [6.45, 7) is 4.87. The maximum atomic E-state index is 5.69. The molecule has 0 saturated carbocycles. The summed E-state index contributed by atoms with van der Waals surface area (Å²) in [7, 11) is 0. The third kappa shape index (κ3) is 4.12. The van der Waals surface area contributed by atoms with Gasteiger partial charge < -0.3 is 4.74 Å². The second-order valence-corrected chi connectivity index (χ2v) is 3.98. The van der Waals surface area contributed by atoms with Crippen LogP contribution in [-0.4, -0.2) is 17.3 Å². The molecule has 0 aliphatic rings. The number of thiol groups is 1. The second-order valence-electron chi connectivity index (χ2n) is 3.53. The Morgan fingerprint density at radius 3 is 2.80 bits per heavy atom. The van der Waals surface area contributed by atoms with E-state index in [1.54, 1.807) is 0 Å². The first-order valence-corrected chi connectivity index (χ1v) is 6.11. The Morgan fingerprint density at radius 2 is 2.13 bits per heavy atom. The van der Waals surface area contributed by atoms with E-state index in [1.165, 1.54) is 0 Å². The van der Waals surface area contributed by atoms with Crippen LogP contribution < -0.4 is 4.74 Å². The molecule has 0 atom stereocenters. The summed E-state index contributed by atoms with van der Waals surface area (Å²) in [4.78, 5) is 4.45. The van der Waals surface area contributed by atoms with Gasteiger partial charge in [-0.2, -0.15) is 12.6 Å². The van der Waals surface area contributed by atoms with Crippen molar-refractivity contribution in [3.8, 4) is 5.75 Å². The molecule has 0 bridgehead atoms. The zero-order valence-electron chi connectivity index (χ0n) is 9.49. The van der Waals surface area contributed by atoms with Gasteiger partial charge in [0.05, 0.1) is 12.3 Å². The summed E-state index contributed by atoms with van der Waals surface area (Å²) in [5.41, 5.74) is 2.11. The van der Waals surface area contributed by atoms with Gasteiger partial charge in [-0.3, -0.25) is 4.98 Å². The van der Waals surface area contributed by atoms with Gasteiger partial charge in [-0.1, -0.05) is 6.92 Å². The maximum absolute atomic E-state index is 5.69. The molecule has 0 unspecified atom stereocenters. The van der Waals surface area contributed by atoms with Gasteiger partial charge in [0, 0.05) is 5.69 Å². The predicted octanol–water partition coefficient (Wildman–Crippen LogP) is 3.04. The van der Waals surface area contributed by atoms with Crippen LogP contribution in [-0.2, 0) is 6.42 Å². The van der Waals surface area contributed by atoms with E-state index in [0.717, 1.165) is 48.8 Å². The fraction of sp³-hybridized carbons (Fsp3) is 0.583. The van der Waals surface area contributed by atoms with Crippen LogP contribution in [0.3, 0.4) is 0 Å². The topological polar surface area (TPSA) is 22.1 Å². The molecule has 1 rings (SSSR count). The minimum atomic E-state index is 0.762. The molecule has 0 saturated heterocycles. The van der Waals surface area contributed by atoms with Crippen LogP contribution in [0.25, 0.3) is 0 Å². The molecule has 1 heterocycles. The highest BCUT2D eigenvalue weighted by atomic mass is 32.1. The smallest absolute Gasteiger partial charge is 0.140 e. The molecule has 2 nitrogen and oxygen atoms in total. The number of unbranched alkanes of at least 4 members (excludes halogenated alkanes) is 1. The number of pyridine rings is 1. The van der Waals surface area contributed by atoms with Gasteiger partial charge in [0.15, 0.2) is 0 Å². The summed E-state index contributed by atoms with van der Waals surface area (Å²) < 4.78 is 5.69. The lowest BCUT2D eigenvalue weighted by molar-refractivity contribution is 0.305. The minimum absolute atomic E-state index is 0.762. The van der Waals surface area contributed by atoms with Gasteiger partial charge in [-0.15, -0.1) is 0 Å². The van der Waals surface area contributed by atoms with E-state index >= 15 is 0 Å². The first-order chi connectivity index (χ1) is 7.27. The Morgan fingerprint density at radius 1 is 1.33 bits per heavy atom. The van der Waals surface area contributed by atoms with Crippen LogP contribution in [0.5, 0.6) is 5.75 Å². The fourth-order valence-corrected chi connectivity index (χ4v) is 1.60. The van der Waals surface area contributed by atoms with E-state index in [0.29, 0.717) is 0 Å². The molecule has 0 radical (unpaired) electrons. The van der Waals surface area contributed by atoms with Crippen LogP contribution >= 0.6 is 12.6 Å². The van der Waals surface area contributed by atoms with Crippen molar-refractivity contribution >= 4 is 12.6 Å². The van der Waals surface area contributed by atoms with Gasteiger partial charge in [0.1, 0.15) is 5.75 Å². The largest absolute Gasteiger partial charge is 0.492 e. The molecule has 3 heteroatoms. The van der Waals surface area contributed by atoms with E-state index in [4.69, 9.17) is 4.74 Å². The lowest BCUT2D eigenvalue weighted by atomic mass is 10.2. The number of hydrogen-bond donors (Lipinski definition) is 1. The van der Waals surface area contributed by atoms with E-state index < -0.39 is 0 Å². The highest BCUT2D eigenvalue weighted by Gasteiger charge is 2.03. The molecule has 15 heavy (non-hydrogen) atoms. The zero-order chi connectivity index (χ0) is 11.1. The number of aromatic nitrogens is 1. The van der Waals surface area contributed by atoms with Crippen molar-refractivity contribution in [1.29, 1.82) is 0 Å². The average molecular weight is 225 g/mol. The lowest BCUT2D eigenvalue weighted by Crippen LogP contribution is -2.02. The van der Waals surface area contributed by atoms with Crippen LogP contribution in [0.1, 0.15) is 31.2 Å². The molecule has 0 aromatic carbocycles. The van der Waals surface area contributed by atoms with Gasteiger partial charge >= 0.3 is 0 Å². The average Bonchev–Trinajstić information content (AvgIpc) is 2.26. The minimum Gasteiger partial charge on any atom is -0.492 e. The van der Waals surface area contributed by atoms with Crippen molar-refractivity contribution in [3.05, 3.63) is 23.5 Å². The van der Waals surface area contributed by atoms with Crippen LogP contribution in [0.2, 0.25) is 0 Å². The van der Waals surface area contributed by atoms with Gasteiger partial charge in [0.2, 0.25) is 0 Å². The highest BCUT2D eigenvalue weighted by molar-refractivity contribution is 7.80. The van der Waals surface area contributed by atoms with E-state index in [-0.39, 0.29) is 0 Å². The van der Waals surface area contributed by atoms with Crippen LogP contribution in [0.15, 0.2) is 12.1 Å². The monoisotopic (exact) mass is 225 g/mol. The molecular weight excluding hydrogens is 206 g/mol. The SMILES string of the molecule is CCc1nc(C)ccc1OCCCCS. The quantitative estimate of drug-likeness (QED) is 0.594. The Labute approximate surface area is 97.5 Å². The Hall–Kier alpha value is -0.700. The van der Waals surface area contributed by atoms with Crippen molar-refractivity contribution in [2.45, 2.75) is 33.1 Å². The van der Waals surface area contributed by atoms with Crippen molar-refractivity contribution in [1.82, 2.24) is 4.98 Å². The van der Waals surface area contributed by atoms with Crippen LogP contribution in [0.4, 0.5) is 0 Å². The summed E-state index contributed by atoms with van der Waals surface area (Å²) >= 11 is 4.17. The molecule has 0 N–H and O–H groups in total. The summed E-state index contributed by atoms with van der Waals surface area (Å²) in [5, 5.41) is 0. The molecular formula is C12H19NOS. The summed E-state index contributed by atoms with van der Waals surface area (Å²) in [6, 6.07) is 4.01. The molecule has 0 aliphatic carbocycles. The summed E-state index contributed by atoms with van der Waals surface area (Å²) in [6.07, 6.45) is 3.08. The third-order valence-electron chi connectivity index (χ3n) is 2.22. The number of nitrogens with zero attached hydrogens (tertiary/aromatic N) is 1. The number of hydrogen-bond acceptors (Lipinski definition) is 3. The molecule has 1 aromatic heterocycles. The Kier molecular flexibility index (Phi) is 5.54. The van der Waals surface area contributed by atoms with Crippen molar-refractivity contribution in [2.75, 3.05) is 12.4 Å². The fourth-order valence-electron chi connectivity index (χ4n) is 1.38. The maximum Gasteiger partial charge on any atom is 0.140 e. The van der Waals surface area contributed by atoms with Gasteiger partial charge in [-0.25, -0.2) is 0 Å². The number of ether oxygens (including phenoxy) is 1. The molecule has 0 amide bonds. The first-order valence-electron chi connectivity index (χ1n) is 5.48. The predicted molar refractivity (Wildman–Crippen MR) is 66.9 cm³/mol. The van der Waals surface area contributed by atoms with Crippen LogP contribution in [0, 0.1) is 6.92 Å². The van der Waals surface area contributed by atoms with Gasteiger partial charge in [-0.05, 0) is 44.1 Å². The molecule has 1 aromatic rings. The first kappa shape index (κ1) is 12.4. The van der Waals surface area contributed by atoms with E-state index in [2.05, 4.69) is 24.5 Å². The highest BCUT2D eigenvalue weighted by Crippen LogP contribution is 2.17. The van der Waals surface area contributed by atoms with E-state index in [9.17, 15) is 0 Å². The molecule has 0 spiro atoms. The van der Waals surface area contributed by atoms with E-state index in [1.807, 2.05) is 19.1 Å². The summed E-state index contributed by atoms with van der Waals surface area (Å²) in [5.74, 6) is 1.86. The zero-order valence-corrected chi connectivity index (χ0v) is 10.4.